The predicted molar refractivity (Wildman–Crippen MR) is 76.4 cm³/mol. The first-order valence-corrected chi connectivity index (χ1v) is 6.85. The molecule has 1 aliphatic heterocycles. The lowest BCUT2D eigenvalue weighted by Gasteiger charge is -2.26. The Labute approximate surface area is 118 Å². The van der Waals surface area contributed by atoms with Gasteiger partial charge in [-0.05, 0) is 12.1 Å². The van der Waals surface area contributed by atoms with Gasteiger partial charge in [0.05, 0.1) is 31.6 Å². The molecular formula is C15H19N3O2. The lowest BCUT2D eigenvalue weighted by Crippen LogP contribution is -2.36. The number of morpholine rings is 1. The molecule has 1 fully saturated rings. The second-order valence-electron chi connectivity index (χ2n) is 5.02. The zero-order valence-electron chi connectivity index (χ0n) is 11.6. The van der Waals surface area contributed by atoms with E-state index < -0.39 is 0 Å². The Bertz CT molecular complexity index is 589. The van der Waals surface area contributed by atoms with E-state index in [2.05, 4.69) is 9.88 Å². The van der Waals surface area contributed by atoms with E-state index in [-0.39, 0.29) is 5.75 Å². The van der Waals surface area contributed by atoms with Gasteiger partial charge in [-0.15, -0.1) is 0 Å². The molecule has 1 aromatic heterocycles. The highest BCUT2D eigenvalue weighted by molar-refractivity contribution is 5.66. The number of hydrogen-bond donors (Lipinski definition) is 1. The summed E-state index contributed by atoms with van der Waals surface area (Å²) >= 11 is 0. The number of para-hydroxylation sites is 1. The van der Waals surface area contributed by atoms with Gasteiger partial charge in [-0.3, -0.25) is 4.90 Å². The van der Waals surface area contributed by atoms with Crippen LogP contribution in [0, 0.1) is 0 Å². The molecule has 20 heavy (non-hydrogen) atoms. The van der Waals surface area contributed by atoms with Crippen LogP contribution in [-0.2, 0) is 18.3 Å². The molecule has 0 spiro atoms. The van der Waals surface area contributed by atoms with Crippen LogP contribution in [-0.4, -0.2) is 45.9 Å². The van der Waals surface area contributed by atoms with Crippen molar-refractivity contribution in [1.82, 2.24) is 14.5 Å². The Morgan fingerprint density at radius 2 is 2.00 bits per heavy atom. The van der Waals surface area contributed by atoms with Crippen molar-refractivity contribution in [2.75, 3.05) is 26.3 Å². The Balaban J connectivity index is 1.83. The molecule has 0 unspecified atom stereocenters. The predicted octanol–water partition coefficient (Wildman–Crippen LogP) is 1.62. The fourth-order valence-corrected chi connectivity index (χ4v) is 2.49. The third kappa shape index (κ3) is 2.55. The molecule has 1 aliphatic rings. The number of hydrogen-bond acceptors (Lipinski definition) is 4. The number of ether oxygens (including phenoxy) is 1. The van der Waals surface area contributed by atoms with Gasteiger partial charge < -0.3 is 14.4 Å². The van der Waals surface area contributed by atoms with Gasteiger partial charge >= 0.3 is 0 Å². The van der Waals surface area contributed by atoms with E-state index in [1.54, 1.807) is 6.07 Å². The molecule has 0 amide bonds. The van der Waals surface area contributed by atoms with E-state index in [9.17, 15) is 5.11 Å². The van der Waals surface area contributed by atoms with Gasteiger partial charge in [0.25, 0.3) is 0 Å². The Morgan fingerprint density at radius 1 is 1.25 bits per heavy atom. The number of benzene rings is 1. The van der Waals surface area contributed by atoms with Crippen LogP contribution in [0.25, 0.3) is 11.3 Å². The Kier molecular flexibility index (Phi) is 3.71. The minimum Gasteiger partial charge on any atom is -0.507 e. The molecule has 0 radical (unpaired) electrons. The van der Waals surface area contributed by atoms with Gasteiger partial charge in [0.2, 0.25) is 0 Å². The number of rotatable bonds is 3. The summed E-state index contributed by atoms with van der Waals surface area (Å²) in [5.74, 6) is 1.29. The number of nitrogens with zero attached hydrogens (tertiary/aromatic N) is 3. The molecule has 0 aliphatic carbocycles. The second-order valence-corrected chi connectivity index (χ2v) is 5.02. The van der Waals surface area contributed by atoms with Crippen LogP contribution >= 0.6 is 0 Å². The molecule has 0 bridgehead atoms. The summed E-state index contributed by atoms with van der Waals surface area (Å²) in [4.78, 5) is 6.83. The normalized spacial score (nSPS) is 16.4. The molecular weight excluding hydrogens is 254 g/mol. The maximum atomic E-state index is 9.95. The monoisotopic (exact) mass is 273 g/mol. The summed E-state index contributed by atoms with van der Waals surface area (Å²) in [7, 11) is 1.99. The van der Waals surface area contributed by atoms with Crippen molar-refractivity contribution in [1.29, 1.82) is 0 Å². The third-order valence-corrected chi connectivity index (χ3v) is 3.73. The summed E-state index contributed by atoms with van der Waals surface area (Å²) < 4.78 is 7.40. The first-order valence-electron chi connectivity index (χ1n) is 6.85. The number of aromatic nitrogens is 2. The maximum absolute atomic E-state index is 9.95. The number of imidazole rings is 1. The van der Waals surface area contributed by atoms with Crippen LogP contribution in [0.5, 0.6) is 5.75 Å². The van der Waals surface area contributed by atoms with Crippen LogP contribution in [0.2, 0.25) is 0 Å². The Morgan fingerprint density at radius 3 is 2.75 bits per heavy atom. The first-order chi connectivity index (χ1) is 9.75. The number of phenolic OH excluding ortho intramolecular Hbond substituents is 1. The van der Waals surface area contributed by atoms with Crippen molar-refractivity contribution < 1.29 is 9.84 Å². The summed E-state index contributed by atoms with van der Waals surface area (Å²) in [5.41, 5.74) is 1.75. The van der Waals surface area contributed by atoms with E-state index >= 15 is 0 Å². The molecule has 5 heteroatoms. The third-order valence-electron chi connectivity index (χ3n) is 3.73. The van der Waals surface area contributed by atoms with Crippen molar-refractivity contribution >= 4 is 0 Å². The highest BCUT2D eigenvalue weighted by Gasteiger charge is 2.16. The zero-order chi connectivity index (χ0) is 13.9. The van der Waals surface area contributed by atoms with E-state index in [0.29, 0.717) is 0 Å². The molecule has 0 atom stereocenters. The summed E-state index contributed by atoms with van der Waals surface area (Å²) in [6.45, 7) is 4.28. The first kappa shape index (κ1) is 13.1. The molecule has 1 N–H and O–H groups in total. The average Bonchev–Trinajstić information content (AvgIpc) is 2.82. The topological polar surface area (TPSA) is 50.5 Å². The van der Waals surface area contributed by atoms with Gasteiger partial charge in [0.15, 0.2) is 0 Å². The molecule has 5 nitrogen and oxygen atoms in total. The van der Waals surface area contributed by atoms with Crippen LogP contribution in [0.3, 0.4) is 0 Å². The Hall–Kier alpha value is -1.85. The fraction of sp³-hybridized carbons (Fsp3) is 0.400. The van der Waals surface area contributed by atoms with E-state index in [1.807, 2.05) is 36.0 Å². The number of aromatic hydroxyl groups is 1. The average molecular weight is 273 g/mol. The molecule has 1 saturated heterocycles. The van der Waals surface area contributed by atoms with Crippen LogP contribution in [0.4, 0.5) is 0 Å². The summed E-state index contributed by atoms with van der Waals surface area (Å²) in [6, 6.07) is 7.35. The van der Waals surface area contributed by atoms with Gasteiger partial charge in [0, 0.05) is 25.7 Å². The lowest BCUT2D eigenvalue weighted by atomic mass is 10.1. The summed E-state index contributed by atoms with van der Waals surface area (Å²) in [6.07, 6.45) is 1.82. The molecule has 2 heterocycles. The molecule has 0 saturated carbocycles. The van der Waals surface area contributed by atoms with Crippen LogP contribution in [0.1, 0.15) is 5.82 Å². The minimum atomic E-state index is 0.286. The van der Waals surface area contributed by atoms with Gasteiger partial charge in [-0.25, -0.2) is 4.98 Å². The van der Waals surface area contributed by atoms with E-state index in [0.717, 1.165) is 49.9 Å². The highest BCUT2D eigenvalue weighted by atomic mass is 16.5. The van der Waals surface area contributed by atoms with Gasteiger partial charge in [-0.2, -0.15) is 0 Å². The second kappa shape index (κ2) is 5.64. The smallest absolute Gasteiger partial charge is 0.124 e. The largest absolute Gasteiger partial charge is 0.507 e. The van der Waals surface area contributed by atoms with Crippen molar-refractivity contribution in [2.45, 2.75) is 6.54 Å². The molecule has 1 aromatic carbocycles. The number of phenols is 1. The standard InChI is InChI=1S/C15H19N3O2/c1-17-13(12-4-2-3-5-14(12)19)10-16-15(17)11-18-6-8-20-9-7-18/h2-5,10,19H,6-9,11H2,1H3. The zero-order valence-corrected chi connectivity index (χ0v) is 11.6. The van der Waals surface area contributed by atoms with E-state index in [1.165, 1.54) is 0 Å². The van der Waals surface area contributed by atoms with Crippen molar-refractivity contribution in [3.05, 3.63) is 36.3 Å². The minimum absolute atomic E-state index is 0.286. The van der Waals surface area contributed by atoms with E-state index in [4.69, 9.17) is 4.74 Å². The molecule has 2 aromatic rings. The van der Waals surface area contributed by atoms with Crippen molar-refractivity contribution in [2.24, 2.45) is 7.05 Å². The molecule has 3 rings (SSSR count). The van der Waals surface area contributed by atoms with Crippen LogP contribution in [0.15, 0.2) is 30.5 Å². The maximum Gasteiger partial charge on any atom is 0.124 e. The van der Waals surface area contributed by atoms with Gasteiger partial charge in [0.1, 0.15) is 11.6 Å². The van der Waals surface area contributed by atoms with Gasteiger partial charge in [-0.1, -0.05) is 12.1 Å². The fourth-order valence-electron chi connectivity index (χ4n) is 2.49. The summed E-state index contributed by atoms with van der Waals surface area (Å²) in [5, 5.41) is 9.95. The quantitative estimate of drug-likeness (QED) is 0.923. The molecule has 106 valence electrons. The highest BCUT2D eigenvalue weighted by Crippen LogP contribution is 2.28. The SMILES string of the molecule is Cn1c(-c2ccccc2O)cnc1CN1CCOCC1. The lowest BCUT2D eigenvalue weighted by molar-refractivity contribution is 0.0327. The van der Waals surface area contributed by atoms with Crippen molar-refractivity contribution in [3.63, 3.8) is 0 Å². The van der Waals surface area contributed by atoms with Crippen molar-refractivity contribution in [3.8, 4) is 17.0 Å². The van der Waals surface area contributed by atoms with Crippen LogP contribution < -0.4 is 0 Å².